The Bertz CT molecular complexity index is 414. The Kier molecular flexibility index (Phi) is 3.72. The second-order valence-electron chi connectivity index (χ2n) is 3.03. The number of ether oxygens (including phenoxy) is 1. The van der Waals surface area contributed by atoms with Crippen LogP contribution in [0.25, 0.3) is 0 Å². The predicted molar refractivity (Wildman–Crippen MR) is 52.3 cm³/mol. The van der Waals surface area contributed by atoms with Crippen molar-refractivity contribution in [1.82, 2.24) is 0 Å². The number of esters is 1. The lowest BCUT2D eigenvalue weighted by Gasteiger charge is -2.20. The number of alkyl halides is 3. The molecule has 0 aliphatic heterocycles. The van der Waals surface area contributed by atoms with Crippen molar-refractivity contribution < 1.29 is 27.5 Å². The van der Waals surface area contributed by atoms with Crippen molar-refractivity contribution >= 4 is 18.1 Å². The van der Waals surface area contributed by atoms with Crippen LogP contribution in [0.2, 0.25) is 0 Å². The number of hydrogen-bond donors (Lipinski definition) is 0. The van der Waals surface area contributed by atoms with E-state index in [1.807, 2.05) is 0 Å². The summed E-state index contributed by atoms with van der Waals surface area (Å²) in [6.45, 7) is 1.17. The molecule has 1 amide bonds. The minimum atomic E-state index is -4.79. The van der Waals surface area contributed by atoms with Gasteiger partial charge in [-0.3, -0.25) is 9.59 Å². The molecular weight excluding hydrogens is 239 g/mol. The fourth-order valence-corrected chi connectivity index (χ4v) is 1.11. The molecule has 0 aromatic heterocycles. The molecule has 17 heavy (non-hydrogen) atoms. The van der Waals surface area contributed by atoms with Gasteiger partial charge in [-0.05, 0) is 24.3 Å². The zero-order chi connectivity index (χ0) is 13.1. The third kappa shape index (κ3) is 3.47. The average Bonchev–Trinajstić information content (AvgIpc) is 2.18. The number of benzene rings is 1. The summed E-state index contributed by atoms with van der Waals surface area (Å²) in [6, 6.07) is 4.39. The fourth-order valence-electron chi connectivity index (χ4n) is 1.11. The van der Waals surface area contributed by atoms with E-state index in [1.165, 1.54) is 19.1 Å². The van der Waals surface area contributed by atoms with Gasteiger partial charge in [0.2, 0.25) is 6.41 Å². The first-order valence-corrected chi connectivity index (χ1v) is 4.44. The van der Waals surface area contributed by atoms with E-state index in [1.54, 1.807) is 0 Å². The molecule has 0 spiro atoms. The predicted octanol–water partition coefficient (Wildman–Crippen LogP) is 2.09. The first-order valence-electron chi connectivity index (χ1n) is 4.44. The Labute approximate surface area is 94.6 Å². The number of anilines is 1. The summed E-state index contributed by atoms with van der Waals surface area (Å²) < 4.78 is 41.6. The fraction of sp³-hybridized carbons (Fsp3) is 0.200. The van der Waals surface area contributed by atoms with Gasteiger partial charge in [-0.25, -0.2) is 4.90 Å². The third-order valence-corrected chi connectivity index (χ3v) is 1.76. The number of halogens is 3. The van der Waals surface area contributed by atoms with Gasteiger partial charge in [0, 0.05) is 6.92 Å². The molecule has 0 saturated carbocycles. The van der Waals surface area contributed by atoms with Crippen molar-refractivity contribution in [2.45, 2.75) is 13.2 Å². The van der Waals surface area contributed by atoms with E-state index in [4.69, 9.17) is 0 Å². The molecule has 0 unspecified atom stereocenters. The maximum absolute atomic E-state index is 12.3. The minimum Gasteiger partial charge on any atom is -0.427 e. The van der Waals surface area contributed by atoms with Crippen molar-refractivity contribution in [2.75, 3.05) is 4.90 Å². The van der Waals surface area contributed by atoms with Gasteiger partial charge in [0.05, 0.1) is 5.69 Å². The molecule has 1 aromatic carbocycles. The van der Waals surface area contributed by atoms with Gasteiger partial charge in [0.1, 0.15) is 5.75 Å². The van der Waals surface area contributed by atoms with E-state index in [0.29, 0.717) is 0 Å². The molecule has 0 atom stereocenters. The van der Waals surface area contributed by atoms with Crippen LogP contribution in [0.1, 0.15) is 6.92 Å². The van der Waals surface area contributed by atoms with E-state index < -0.39 is 12.3 Å². The normalized spacial score (nSPS) is 10.8. The van der Waals surface area contributed by atoms with E-state index in [2.05, 4.69) is 4.74 Å². The Morgan fingerprint density at radius 1 is 1.29 bits per heavy atom. The van der Waals surface area contributed by atoms with E-state index in [9.17, 15) is 22.8 Å². The molecule has 0 radical (unpaired) electrons. The van der Waals surface area contributed by atoms with Crippen LogP contribution in [0.15, 0.2) is 24.3 Å². The van der Waals surface area contributed by atoms with Crippen LogP contribution in [-0.4, -0.2) is 18.7 Å². The average molecular weight is 247 g/mol. The zero-order valence-electron chi connectivity index (χ0n) is 8.69. The van der Waals surface area contributed by atoms with Gasteiger partial charge in [-0.15, -0.1) is 13.2 Å². The molecule has 0 heterocycles. The molecule has 7 heteroatoms. The van der Waals surface area contributed by atoms with Crippen molar-refractivity contribution in [3.63, 3.8) is 0 Å². The van der Waals surface area contributed by atoms with Crippen LogP contribution in [0.3, 0.4) is 0 Å². The molecule has 0 saturated heterocycles. The topological polar surface area (TPSA) is 46.6 Å². The lowest BCUT2D eigenvalue weighted by atomic mass is 10.3. The summed E-state index contributed by atoms with van der Waals surface area (Å²) in [5.74, 6) is -0.477. The van der Waals surface area contributed by atoms with Crippen LogP contribution >= 0.6 is 0 Å². The summed E-state index contributed by atoms with van der Waals surface area (Å²) in [5.41, 5.74) is -0.358. The molecule has 1 aromatic rings. The quantitative estimate of drug-likeness (QED) is 0.355. The molecule has 0 fully saturated rings. The molecule has 0 N–H and O–H groups in total. The number of hydrogen-bond acceptors (Lipinski definition) is 3. The second-order valence-corrected chi connectivity index (χ2v) is 3.03. The number of rotatable bonds is 3. The van der Waals surface area contributed by atoms with Crippen molar-refractivity contribution in [1.29, 1.82) is 0 Å². The highest BCUT2D eigenvalue weighted by Crippen LogP contribution is 2.28. The van der Waals surface area contributed by atoms with Crippen molar-refractivity contribution in [3.05, 3.63) is 24.3 Å². The highest BCUT2D eigenvalue weighted by molar-refractivity contribution is 5.76. The van der Waals surface area contributed by atoms with E-state index >= 15 is 0 Å². The molecular formula is C10H8F3NO3. The van der Waals surface area contributed by atoms with Crippen LogP contribution in [0.5, 0.6) is 5.75 Å². The van der Waals surface area contributed by atoms with Gasteiger partial charge in [-0.2, -0.15) is 0 Å². The van der Waals surface area contributed by atoms with Crippen molar-refractivity contribution in [2.24, 2.45) is 0 Å². The first kappa shape index (κ1) is 13.0. The maximum Gasteiger partial charge on any atom is 0.491 e. The van der Waals surface area contributed by atoms with Crippen LogP contribution < -0.4 is 9.64 Å². The largest absolute Gasteiger partial charge is 0.491 e. The Morgan fingerprint density at radius 3 is 2.18 bits per heavy atom. The van der Waals surface area contributed by atoms with Crippen molar-refractivity contribution in [3.8, 4) is 5.75 Å². The summed E-state index contributed by atoms with van der Waals surface area (Å²) >= 11 is 0. The van der Waals surface area contributed by atoms with Gasteiger partial charge in [0.15, 0.2) is 0 Å². The highest BCUT2D eigenvalue weighted by Gasteiger charge is 2.37. The molecule has 0 aliphatic carbocycles. The highest BCUT2D eigenvalue weighted by atomic mass is 19.4. The summed E-state index contributed by atoms with van der Waals surface area (Å²) in [6.07, 6.45) is -5.12. The lowest BCUT2D eigenvalue weighted by molar-refractivity contribution is -0.142. The Morgan fingerprint density at radius 2 is 1.82 bits per heavy atom. The van der Waals surface area contributed by atoms with Gasteiger partial charge in [0.25, 0.3) is 0 Å². The summed E-state index contributed by atoms with van der Waals surface area (Å²) in [5, 5.41) is 0. The number of carbonyl (C=O) groups is 2. The molecule has 0 bridgehead atoms. The minimum absolute atomic E-state index is 0.106. The second kappa shape index (κ2) is 4.86. The Balaban J connectivity index is 2.93. The SMILES string of the molecule is CC(=O)Oc1ccc(N(C=O)C(F)(F)F)cc1. The number of amides is 1. The standard InChI is InChI=1S/C10H8F3NO3/c1-7(16)17-9-4-2-8(3-5-9)14(6-15)10(11,12)13/h2-6H,1H3. The maximum atomic E-state index is 12.3. The molecule has 4 nitrogen and oxygen atoms in total. The molecule has 92 valence electrons. The van der Waals surface area contributed by atoms with Gasteiger partial charge < -0.3 is 4.74 Å². The van der Waals surface area contributed by atoms with Gasteiger partial charge in [-0.1, -0.05) is 0 Å². The van der Waals surface area contributed by atoms with E-state index in [-0.39, 0.29) is 22.7 Å². The van der Waals surface area contributed by atoms with E-state index in [0.717, 1.165) is 12.1 Å². The number of nitrogens with zero attached hydrogens (tertiary/aromatic N) is 1. The van der Waals surface area contributed by atoms with Crippen LogP contribution in [0, 0.1) is 0 Å². The van der Waals surface area contributed by atoms with Crippen LogP contribution in [0.4, 0.5) is 18.9 Å². The monoisotopic (exact) mass is 247 g/mol. The number of carbonyl (C=O) groups excluding carboxylic acids is 2. The summed E-state index contributed by atoms with van der Waals surface area (Å²) in [7, 11) is 0. The third-order valence-electron chi connectivity index (χ3n) is 1.76. The molecule has 1 rings (SSSR count). The summed E-state index contributed by atoms with van der Waals surface area (Å²) in [4.78, 5) is 20.5. The molecule has 0 aliphatic rings. The van der Waals surface area contributed by atoms with Gasteiger partial charge >= 0.3 is 12.3 Å². The smallest absolute Gasteiger partial charge is 0.427 e. The first-order chi connectivity index (χ1) is 7.84. The Hall–Kier alpha value is -2.05. The van der Waals surface area contributed by atoms with Crippen LogP contribution in [-0.2, 0) is 9.59 Å². The lowest BCUT2D eigenvalue weighted by Crippen LogP contribution is -2.36. The zero-order valence-corrected chi connectivity index (χ0v) is 8.69.